The maximum atomic E-state index is 14.0. The number of hydrogen-bond donors (Lipinski definition) is 1. The first-order valence-corrected chi connectivity index (χ1v) is 9.79. The smallest absolute Gasteiger partial charge is 0.158 e. The van der Waals surface area contributed by atoms with Crippen molar-refractivity contribution in [2.45, 2.75) is 13.1 Å². The number of hydrazone groups is 1. The second-order valence-electron chi connectivity index (χ2n) is 6.68. The number of rotatable bonds is 4. The fraction of sp³-hybridized carbons (Fsp3) is 0.0952. The Hall–Kier alpha value is -3.26. The third kappa shape index (κ3) is 3.58. The van der Waals surface area contributed by atoms with Gasteiger partial charge in [-0.05, 0) is 24.3 Å². The topological polar surface area (TPSA) is 70.3 Å². The number of H-pyrrole nitrogens is 1. The Bertz CT molecular complexity index is 1200. The van der Waals surface area contributed by atoms with Gasteiger partial charge in [-0.2, -0.15) is 5.10 Å². The average molecular weight is 452 g/mol. The third-order valence-electron chi connectivity index (χ3n) is 4.66. The van der Waals surface area contributed by atoms with Crippen molar-refractivity contribution in [1.29, 1.82) is 0 Å². The number of benzene rings is 2. The van der Waals surface area contributed by atoms with Gasteiger partial charge in [-0.3, -0.25) is 5.01 Å². The molecule has 0 aliphatic carbocycles. The van der Waals surface area contributed by atoms with E-state index in [1.54, 1.807) is 24.4 Å². The molecule has 2 aromatic carbocycles. The maximum Gasteiger partial charge on any atom is 0.158 e. The van der Waals surface area contributed by atoms with Gasteiger partial charge in [-0.25, -0.2) is 9.37 Å². The van der Waals surface area contributed by atoms with Crippen molar-refractivity contribution in [3.8, 4) is 22.6 Å². The highest BCUT2D eigenvalue weighted by atomic mass is 79.9. The summed E-state index contributed by atoms with van der Waals surface area (Å²) >= 11 is 3.43. The lowest BCUT2D eigenvalue weighted by molar-refractivity contribution is 0.229. The summed E-state index contributed by atoms with van der Waals surface area (Å²) in [5.74, 6) is 0.894. The maximum absolute atomic E-state index is 14.0. The van der Waals surface area contributed by atoms with Gasteiger partial charge < -0.3 is 9.51 Å². The molecule has 0 unspecified atom stereocenters. The Morgan fingerprint density at radius 1 is 1.14 bits per heavy atom. The molecular weight excluding hydrogens is 437 g/mol. The van der Waals surface area contributed by atoms with Gasteiger partial charge in [0.25, 0.3) is 0 Å². The summed E-state index contributed by atoms with van der Waals surface area (Å²) in [6.07, 6.45) is 1.67. The number of nitrogens with zero attached hydrogens (tertiary/aromatic N) is 4. The van der Waals surface area contributed by atoms with Crippen molar-refractivity contribution in [1.82, 2.24) is 20.1 Å². The van der Waals surface area contributed by atoms with Crippen LogP contribution in [0.5, 0.6) is 0 Å². The summed E-state index contributed by atoms with van der Waals surface area (Å²) in [5, 5.41) is 10.4. The fourth-order valence-electron chi connectivity index (χ4n) is 3.21. The summed E-state index contributed by atoms with van der Waals surface area (Å²) < 4.78 is 20.5. The van der Waals surface area contributed by atoms with Crippen LogP contribution in [0.15, 0.2) is 68.7 Å². The Labute approximate surface area is 174 Å². The van der Waals surface area contributed by atoms with E-state index in [0.717, 1.165) is 21.4 Å². The van der Waals surface area contributed by atoms with Gasteiger partial charge >= 0.3 is 0 Å². The highest BCUT2D eigenvalue weighted by Gasteiger charge is 2.20. The Kier molecular flexibility index (Phi) is 4.48. The lowest BCUT2D eigenvalue weighted by atomic mass is 10.1. The number of aromatic nitrogens is 3. The number of hydrogen-bond acceptors (Lipinski definition) is 5. The molecule has 0 saturated heterocycles. The molecule has 0 bridgehead atoms. The molecule has 0 saturated carbocycles. The first-order valence-electron chi connectivity index (χ1n) is 9.00. The van der Waals surface area contributed by atoms with Crippen molar-refractivity contribution in [3.05, 3.63) is 82.0 Å². The minimum absolute atomic E-state index is 0.311. The quantitative estimate of drug-likeness (QED) is 0.474. The molecule has 1 N–H and O–H groups in total. The van der Waals surface area contributed by atoms with Gasteiger partial charge in [0.2, 0.25) is 0 Å². The molecule has 0 fully saturated rings. The highest BCUT2D eigenvalue weighted by Crippen LogP contribution is 2.25. The van der Waals surface area contributed by atoms with Crippen molar-refractivity contribution >= 4 is 22.1 Å². The molecule has 0 atom stereocenters. The molecule has 0 spiro atoms. The first-order chi connectivity index (χ1) is 14.2. The van der Waals surface area contributed by atoms with Crippen LogP contribution in [0.2, 0.25) is 0 Å². The van der Waals surface area contributed by atoms with Gasteiger partial charge in [0.05, 0.1) is 30.6 Å². The first kappa shape index (κ1) is 17.8. The number of fused-ring (bicyclic) bond motifs is 1. The van der Waals surface area contributed by atoms with E-state index in [0.29, 0.717) is 35.9 Å². The second kappa shape index (κ2) is 7.29. The van der Waals surface area contributed by atoms with Crippen molar-refractivity contribution < 1.29 is 8.91 Å². The van der Waals surface area contributed by atoms with Crippen LogP contribution in [0.1, 0.15) is 17.1 Å². The van der Waals surface area contributed by atoms with E-state index < -0.39 is 0 Å². The molecule has 3 heterocycles. The third-order valence-corrected chi connectivity index (χ3v) is 5.19. The predicted octanol–water partition coefficient (Wildman–Crippen LogP) is 4.98. The van der Waals surface area contributed by atoms with Gasteiger partial charge in [-0.1, -0.05) is 45.4 Å². The summed E-state index contributed by atoms with van der Waals surface area (Å²) in [4.78, 5) is 7.67. The normalized spacial score (nSPS) is 13.0. The lowest BCUT2D eigenvalue weighted by Crippen LogP contribution is -2.21. The molecule has 2 aromatic heterocycles. The van der Waals surface area contributed by atoms with E-state index in [4.69, 9.17) is 4.52 Å². The molecule has 29 heavy (non-hydrogen) atoms. The minimum atomic E-state index is -0.311. The van der Waals surface area contributed by atoms with E-state index in [9.17, 15) is 4.39 Å². The van der Waals surface area contributed by atoms with E-state index in [-0.39, 0.29) is 5.82 Å². The van der Waals surface area contributed by atoms with Crippen LogP contribution in [0.3, 0.4) is 0 Å². The predicted molar refractivity (Wildman–Crippen MR) is 110 cm³/mol. The molecule has 144 valence electrons. The van der Waals surface area contributed by atoms with Gasteiger partial charge in [0.1, 0.15) is 23.0 Å². The zero-order chi connectivity index (χ0) is 19.8. The SMILES string of the molecule is Fc1ccccc1-c1nc2c([nH]1)CN(Cc1cc(-c3ccc(Br)cc3)no1)N=C2. The highest BCUT2D eigenvalue weighted by molar-refractivity contribution is 9.10. The Morgan fingerprint density at radius 2 is 1.97 bits per heavy atom. The molecular formula is C21H15BrFN5O. The van der Waals surface area contributed by atoms with Crippen LogP contribution in [-0.4, -0.2) is 26.3 Å². The van der Waals surface area contributed by atoms with Crippen LogP contribution in [0, 0.1) is 5.82 Å². The van der Waals surface area contributed by atoms with Crippen LogP contribution >= 0.6 is 15.9 Å². The summed E-state index contributed by atoms with van der Waals surface area (Å²) in [5.41, 5.74) is 3.79. The lowest BCUT2D eigenvalue weighted by Gasteiger charge is -2.19. The van der Waals surface area contributed by atoms with Crippen molar-refractivity contribution in [2.24, 2.45) is 5.10 Å². The Morgan fingerprint density at radius 3 is 2.79 bits per heavy atom. The molecule has 6 nitrogen and oxygen atoms in total. The van der Waals surface area contributed by atoms with E-state index in [1.165, 1.54) is 6.07 Å². The number of nitrogens with one attached hydrogen (secondary N) is 1. The van der Waals surface area contributed by atoms with Crippen LogP contribution in [0.4, 0.5) is 4.39 Å². The van der Waals surface area contributed by atoms with Crippen LogP contribution in [-0.2, 0) is 13.1 Å². The van der Waals surface area contributed by atoms with Crippen molar-refractivity contribution in [2.75, 3.05) is 0 Å². The van der Waals surface area contributed by atoms with Gasteiger partial charge in [-0.15, -0.1) is 0 Å². The average Bonchev–Trinajstić information content (AvgIpc) is 3.35. The van der Waals surface area contributed by atoms with Crippen LogP contribution < -0.4 is 0 Å². The van der Waals surface area contributed by atoms with E-state index in [2.05, 4.69) is 36.2 Å². The molecule has 1 aliphatic rings. The number of aromatic amines is 1. The fourth-order valence-corrected chi connectivity index (χ4v) is 3.48. The summed E-state index contributed by atoms with van der Waals surface area (Å²) in [6.45, 7) is 0.981. The van der Waals surface area contributed by atoms with Crippen molar-refractivity contribution in [3.63, 3.8) is 0 Å². The monoisotopic (exact) mass is 451 g/mol. The molecule has 0 amide bonds. The zero-order valence-corrected chi connectivity index (χ0v) is 16.7. The van der Waals surface area contributed by atoms with E-state index in [1.807, 2.05) is 35.3 Å². The molecule has 8 heteroatoms. The molecule has 1 aliphatic heterocycles. The Balaban J connectivity index is 1.32. The summed E-state index contributed by atoms with van der Waals surface area (Å²) in [7, 11) is 0. The summed E-state index contributed by atoms with van der Waals surface area (Å²) in [6, 6.07) is 16.4. The molecule has 0 radical (unpaired) electrons. The van der Waals surface area contributed by atoms with E-state index >= 15 is 0 Å². The molecule has 5 rings (SSSR count). The second-order valence-corrected chi connectivity index (χ2v) is 7.60. The zero-order valence-electron chi connectivity index (χ0n) is 15.1. The van der Waals surface area contributed by atoms with Gasteiger partial charge in [0, 0.05) is 16.1 Å². The number of halogens is 2. The minimum Gasteiger partial charge on any atom is -0.359 e. The standard InChI is InChI=1S/C21H15BrFN5O/c22-14-7-5-13(6-8-14)18-9-15(29-27-18)11-28-12-20-19(10-24-28)25-21(26-20)16-3-1-2-4-17(16)23/h1-10H,11-12H2,(H,25,26). The van der Waals surface area contributed by atoms with Gasteiger partial charge in [0.15, 0.2) is 5.76 Å². The van der Waals surface area contributed by atoms with Crippen LogP contribution in [0.25, 0.3) is 22.6 Å². The molecule has 4 aromatic rings. The number of imidazole rings is 1. The largest absolute Gasteiger partial charge is 0.359 e.